The Kier molecular flexibility index (Phi) is 4.85. The lowest BCUT2D eigenvalue weighted by Gasteiger charge is -2.43. The van der Waals surface area contributed by atoms with E-state index < -0.39 is 0 Å². The van der Waals surface area contributed by atoms with Gasteiger partial charge in [-0.2, -0.15) is 0 Å². The second-order valence-corrected chi connectivity index (χ2v) is 8.46. The van der Waals surface area contributed by atoms with Gasteiger partial charge in [-0.1, -0.05) is 18.2 Å². The number of hydrogen-bond donors (Lipinski definition) is 0. The van der Waals surface area contributed by atoms with Crippen LogP contribution in [0.25, 0.3) is 22.3 Å². The van der Waals surface area contributed by atoms with Crippen LogP contribution in [0.2, 0.25) is 0 Å². The molecule has 2 aromatic heterocycles. The summed E-state index contributed by atoms with van der Waals surface area (Å²) in [7, 11) is 4.00. The van der Waals surface area contributed by atoms with Crippen LogP contribution in [0.1, 0.15) is 13.8 Å². The number of rotatable bonds is 4. The van der Waals surface area contributed by atoms with Crippen molar-refractivity contribution in [2.75, 3.05) is 33.2 Å². The smallest absolute Gasteiger partial charge is 0.261 e. The van der Waals surface area contributed by atoms with Gasteiger partial charge in [-0.05, 0) is 38.4 Å². The first-order valence-corrected chi connectivity index (χ1v) is 9.91. The van der Waals surface area contributed by atoms with Crippen LogP contribution in [0.4, 0.5) is 0 Å². The molecule has 0 amide bonds. The molecule has 28 heavy (non-hydrogen) atoms. The average molecular weight is 380 g/mol. The molecule has 0 saturated carbocycles. The largest absolute Gasteiger partial charge is 0.329 e. The molecule has 3 aromatic rings. The van der Waals surface area contributed by atoms with Gasteiger partial charge >= 0.3 is 0 Å². The zero-order valence-electron chi connectivity index (χ0n) is 17.2. The van der Waals surface area contributed by atoms with Crippen molar-refractivity contribution in [1.82, 2.24) is 23.9 Å². The van der Waals surface area contributed by atoms with E-state index in [4.69, 9.17) is 0 Å². The summed E-state index contributed by atoms with van der Waals surface area (Å²) < 4.78 is 3.85. The van der Waals surface area contributed by atoms with Crippen LogP contribution < -0.4 is 5.56 Å². The van der Waals surface area contributed by atoms with Crippen molar-refractivity contribution in [3.05, 3.63) is 53.1 Å². The molecule has 0 atom stereocenters. The third-order valence-electron chi connectivity index (χ3n) is 6.01. The number of aromatic nitrogens is 3. The number of benzene rings is 1. The van der Waals surface area contributed by atoms with Crippen LogP contribution in [0.15, 0.2) is 47.5 Å². The summed E-state index contributed by atoms with van der Waals surface area (Å²) in [4.78, 5) is 22.5. The number of likely N-dealkylation sites (N-methyl/N-ethyl adjacent to an activating group) is 1. The molecule has 3 heterocycles. The zero-order valence-corrected chi connectivity index (χ0v) is 17.2. The molecule has 0 bridgehead atoms. The van der Waals surface area contributed by atoms with Gasteiger partial charge in [0, 0.05) is 57.7 Å². The maximum Gasteiger partial charge on any atom is 0.261 e. The summed E-state index contributed by atoms with van der Waals surface area (Å²) >= 11 is 0. The number of para-hydroxylation sites is 1. The van der Waals surface area contributed by atoms with E-state index in [9.17, 15) is 4.79 Å². The highest BCUT2D eigenvalue weighted by Gasteiger charge is 2.30. The molecule has 1 saturated heterocycles. The minimum absolute atomic E-state index is 0.0106. The lowest BCUT2D eigenvalue weighted by Crippen LogP contribution is -2.55. The van der Waals surface area contributed by atoms with Crippen molar-refractivity contribution in [3.8, 4) is 11.4 Å². The van der Waals surface area contributed by atoms with Gasteiger partial charge in [-0.25, -0.2) is 4.98 Å². The lowest BCUT2D eigenvalue weighted by atomic mass is 10.0. The van der Waals surface area contributed by atoms with Crippen molar-refractivity contribution in [2.24, 2.45) is 7.05 Å². The molecule has 0 N–H and O–H groups in total. The number of hydrogen-bond acceptors (Lipinski definition) is 4. The topological polar surface area (TPSA) is 46.3 Å². The fraction of sp³-hybridized carbons (Fsp3) is 0.455. The zero-order chi connectivity index (χ0) is 19.9. The predicted molar refractivity (Wildman–Crippen MR) is 114 cm³/mol. The van der Waals surface area contributed by atoms with Crippen LogP contribution in [0.5, 0.6) is 0 Å². The van der Waals surface area contributed by atoms with Gasteiger partial charge < -0.3 is 14.0 Å². The summed E-state index contributed by atoms with van der Waals surface area (Å²) in [6, 6.07) is 9.95. The van der Waals surface area contributed by atoms with Crippen molar-refractivity contribution in [2.45, 2.75) is 25.9 Å². The number of nitrogens with zero attached hydrogens (tertiary/aromatic N) is 5. The van der Waals surface area contributed by atoms with Gasteiger partial charge in [0.25, 0.3) is 5.56 Å². The Morgan fingerprint density at radius 3 is 2.54 bits per heavy atom. The van der Waals surface area contributed by atoms with E-state index in [1.165, 1.54) is 0 Å². The number of fused-ring (bicyclic) bond motifs is 1. The van der Waals surface area contributed by atoms with Crippen LogP contribution in [0.3, 0.4) is 0 Å². The van der Waals surface area contributed by atoms with Gasteiger partial charge in [-0.3, -0.25) is 9.69 Å². The molecular formula is C22H29N5O. The van der Waals surface area contributed by atoms with Crippen LogP contribution in [-0.2, 0) is 13.6 Å². The second-order valence-electron chi connectivity index (χ2n) is 8.46. The molecule has 1 fully saturated rings. The molecule has 6 nitrogen and oxygen atoms in total. The van der Waals surface area contributed by atoms with Gasteiger partial charge in [0.1, 0.15) is 5.82 Å². The van der Waals surface area contributed by atoms with Gasteiger partial charge in [0.05, 0.1) is 11.1 Å². The van der Waals surface area contributed by atoms with Crippen molar-refractivity contribution < 1.29 is 0 Å². The standard InChI is InChI=1S/C22H29N5O/c1-22(2,27-13-11-24(3)12-14-27)16-26-10-9-23-20(26)18-15-17-7-5-6-8-19(17)25(4)21(18)28/h5-10,15H,11-14,16H2,1-4H3. The first-order chi connectivity index (χ1) is 13.4. The van der Waals surface area contributed by atoms with E-state index in [-0.39, 0.29) is 11.1 Å². The van der Waals surface area contributed by atoms with E-state index in [2.05, 4.69) is 40.2 Å². The van der Waals surface area contributed by atoms with E-state index in [0.29, 0.717) is 5.56 Å². The Morgan fingerprint density at radius 2 is 1.79 bits per heavy atom. The van der Waals surface area contributed by atoms with Gasteiger partial charge in [0.15, 0.2) is 0 Å². The van der Waals surface area contributed by atoms with Crippen molar-refractivity contribution in [3.63, 3.8) is 0 Å². The maximum atomic E-state index is 13.0. The summed E-state index contributed by atoms with van der Waals surface area (Å²) in [5.74, 6) is 0.744. The van der Waals surface area contributed by atoms with E-state index >= 15 is 0 Å². The minimum Gasteiger partial charge on any atom is -0.329 e. The highest BCUT2D eigenvalue weighted by molar-refractivity contribution is 5.83. The number of aryl methyl sites for hydroxylation is 1. The molecule has 0 spiro atoms. The van der Waals surface area contributed by atoms with E-state index in [1.54, 1.807) is 10.8 Å². The van der Waals surface area contributed by atoms with E-state index in [0.717, 1.165) is 49.5 Å². The molecule has 1 aliphatic heterocycles. The van der Waals surface area contributed by atoms with Crippen LogP contribution >= 0.6 is 0 Å². The van der Waals surface area contributed by atoms with E-state index in [1.807, 2.05) is 43.6 Å². The molecule has 0 unspecified atom stereocenters. The Balaban J connectivity index is 1.69. The lowest BCUT2D eigenvalue weighted by molar-refractivity contribution is 0.0514. The molecule has 1 aromatic carbocycles. The Bertz CT molecular complexity index is 1040. The molecule has 0 radical (unpaired) electrons. The van der Waals surface area contributed by atoms with Gasteiger partial charge in [0.2, 0.25) is 0 Å². The summed E-state index contributed by atoms with van der Waals surface area (Å²) in [6.45, 7) is 9.65. The third kappa shape index (κ3) is 3.38. The molecule has 4 rings (SSSR count). The van der Waals surface area contributed by atoms with Gasteiger partial charge in [-0.15, -0.1) is 0 Å². The average Bonchev–Trinajstić information content (AvgIpc) is 3.12. The maximum absolute atomic E-state index is 13.0. The fourth-order valence-electron chi connectivity index (χ4n) is 4.19. The molecule has 6 heteroatoms. The fourth-order valence-corrected chi connectivity index (χ4v) is 4.19. The Morgan fingerprint density at radius 1 is 1.07 bits per heavy atom. The molecule has 0 aliphatic carbocycles. The Hall–Kier alpha value is -2.44. The third-order valence-corrected chi connectivity index (χ3v) is 6.01. The SMILES string of the molecule is CN1CCN(C(C)(C)Cn2ccnc2-c2cc3ccccc3n(C)c2=O)CC1. The summed E-state index contributed by atoms with van der Waals surface area (Å²) in [5, 5.41) is 1.05. The summed E-state index contributed by atoms with van der Waals surface area (Å²) in [6.07, 6.45) is 3.78. The highest BCUT2D eigenvalue weighted by atomic mass is 16.1. The molecular weight excluding hydrogens is 350 g/mol. The number of pyridine rings is 1. The number of piperazine rings is 1. The Labute approximate surface area is 166 Å². The number of imidazole rings is 1. The normalized spacial score (nSPS) is 16.7. The molecule has 1 aliphatic rings. The summed E-state index contributed by atoms with van der Waals surface area (Å²) in [5.41, 5.74) is 1.56. The van der Waals surface area contributed by atoms with Crippen molar-refractivity contribution >= 4 is 10.9 Å². The highest BCUT2D eigenvalue weighted by Crippen LogP contribution is 2.24. The monoisotopic (exact) mass is 379 g/mol. The van der Waals surface area contributed by atoms with Crippen molar-refractivity contribution in [1.29, 1.82) is 0 Å². The molecule has 148 valence electrons. The minimum atomic E-state index is -0.0151. The quantitative estimate of drug-likeness (QED) is 0.699. The van der Waals surface area contributed by atoms with Crippen LogP contribution in [0, 0.1) is 0 Å². The first-order valence-electron chi connectivity index (χ1n) is 9.91. The van der Waals surface area contributed by atoms with Crippen LogP contribution in [-0.4, -0.2) is 62.7 Å². The second kappa shape index (κ2) is 7.18. The first kappa shape index (κ1) is 18.9. The predicted octanol–water partition coefficient (Wildman–Crippen LogP) is 2.43.